The van der Waals surface area contributed by atoms with Crippen molar-refractivity contribution in [3.8, 4) is 0 Å². The zero-order chi connectivity index (χ0) is 9.94. The Morgan fingerprint density at radius 2 is 2.08 bits per heavy atom. The first-order valence-corrected chi connectivity index (χ1v) is 5.06. The van der Waals surface area contributed by atoms with Crippen LogP contribution in [0.15, 0.2) is 0 Å². The van der Waals surface area contributed by atoms with Gasteiger partial charge in [-0.3, -0.25) is 0 Å². The number of thiocarbonyl (C=S) groups is 1. The third kappa shape index (κ3) is 9.73. The predicted octanol–water partition coefficient (Wildman–Crippen LogP) is 1.53. The molecule has 0 aromatic rings. The van der Waals surface area contributed by atoms with E-state index in [1.165, 1.54) is 12.8 Å². The van der Waals surface area contributed by atoms with Crippen LogP contribution in [-0.4, -0.2) is 36.6 Å². The molecule has 0 saturated heterocycles. The Morgan fingerprint density at radius 3 is 2.69 bits per heavy atom. The van der Waals surface area contributed by atoms with Gasteiger partial charge in [-0.05, 0) is 18.6 Å². The summed E-state index contributed by atoms with van der Waals surface area (Å²) in [7, 11) is 0. The molecule has 0 aromatic carbocycles. The molecule has 13 heavy (non-hydrogen) atoms. The van der Waals surface area contributed by atoms with Crippen LogP contribution in [-0.2, 0) is 9.47 Å². The first-order chi connectivity index (χ1) is 6.31. The van der Waals surface area contributed by atoms with Gasteiger partial charge in [-0.1, -0.05) is 19.8 Å². The predicted molar refractivity (Wildman–Crippen MR) is 56.0 cm³/mol. The van der Waals surface area contributed by atoms with Crippen molar-refractivity contribution in [3.63, 3.8) is 0 Å². The summed E-state index contributed by atoms with van der Waals surface area (Å²) in [6, 6.07) is 0. The van der Waals surface area contributed by atoms with Crippen molar-refractivity contribution in [1.82, 2.24) is 0 Å². The SMILES string of the molecule is CCCCCOCC(=S)OCCO. The molecule has 0 spiro atoms. The molecule has 0 aliphatic heterocycles. The van der Waals surface area contributed by atoms with E-state index in [0.717, 1.165) is 13.0 Å². The third-order valence-corrected chi connectivity index (χ3v) is 1.70. The lowest BCUT2D eigenvalue weighted by Crippen LogP contribution is -2.13. The van der Waals surface area contributed by atoms with Gasteiger partial charge in [0.05, 0.1) is 6.61 Å². The summed E-state index contributed by atoms with van der Waals surface area (Å²) < 4.78 is 10.2. The molecule has 1 N–H and O–H groups in total. The fourth-order valence-electron chi connectivity index (χ4n) is 0.811. The second-order valence-corrected chi connectivity index (χ2v) is 3.16. The van der Waals surface area contributed by atoms with E-state index in [4.69, 9.17) is 26.8 Å². The number of hydrogen-bond acceptors (Lipinski definition) is 4. The molecule has 0 fully saturated rings. The summed E-state index contributed by atoms with van der Waals surface area (Å²) in [5.41, 5.74) is 0. The minimum absolute atomic E-state index is 0.00399. The zero-order valence-electron chi connectivity index (χ0n) is 8.12. The summed E-state index contributed by atoms with van der Waals surface area (Å²) in [6.45, 7) is 3.50. The van der Waals surface area contributed by atoms with E-state index in [2.05, 4.69) is 6.92 Å². The molecule has 0 aliphatic carbocycles. The van der Waals surface area contributed by atoms with Crippen molar-refractivity contribution in [2.75, 3.05) is 26.4 Å². The van der Waals surface area contributed by atoms with E-state index in [-0.39, 0.29) is 13.2 Å². The van der Waals surface area contributed by atoms with E-state index in [9.17, 15) is 0 Å². The molecule has 0 saturated carbocycles. The van der Waals surface area contributed by atoms with Crippen molar-refractivity contribution in [2.24, 2.45) is 0 Å². The normalized spacial score (nSPS) is 10.0. The molecule has 3 nitrogen and oxygen atoms in total. The fraction of sp³-hybridized carbons (Fsp3) is 0.889. The van der Waals surface area contributed by atoms with Crippen LogP contribution < -0.4 is 0 Å². The Balaban J connectivity index is 3.08. The standard InChI is InChI=1S/C9H18O3S/c1-2-3-4-6-11-8-9(13)12-7-5-10/h10H,2-8H2,1H3. The number of ether oxygens (including phenoxy) is 2. The molecule has 0 aliphatic rings. The molecular formula is C9H18O3S. The van der Waals surface area contributed by atoms with Crippen LogP contribution in [0, 0.1) is 0 Å². The van der Waals surface area contributed by atoms with Crippen LogP contribution >= 0.6 is 12.2 Å². The largest absolute Gasteiger partial charge is 0.482 e. The molecule has 0 amide bonds. The molecule has 0 bridgehead atoms. The average molecular weight is 206 g/mol. The lowest BCUT2D eigenvalue weighted by Gasteiger charge is -2.06. The highest BCUT2D eigenvalue weighted by Gasteiger charge is 1.96. The van der Waals surface area contributed by atoms with Crippen molar-refractivity contribution in [1.29, 1.82) is 0 Å². The molecule has 0 rings (SSSR count). The molecule has 0 unspecified atom stereocenters. The van der Waals surface area contributed by atoms with Gasteiger partial charge < -0.3 is 14.6 Å². The second kappa shape index (κ2) is 9.89. The minimum atomic E-state index is -0.00399. The quantitative estimate of drug-likeness (QED) is 0.483. The van der Waals surface area contributed by atoms with Crippen LogP contribution in [0.3, 0.4) is 0 Å². The van der Waals surface area contributed by atoms with Gasteiger partial charge in [0.15, 0.2) is 5.05 Å². The second-order valence-electron chi connectivity index (χ2n) is 2.70. The smallest absolute Gasteiger partial charge is 0.185 e. The maximum Gasteiger partial charge on any atom is 0.185 e. The van der Waals surface area contributed by atoms with Gasteiger partial charge >= 0.3 is 0 Å². The molecule has 0 atom stereocenters. The maximum absolute atomic E-state index is 8.43. The van der Waals surface area contributed by atoms with Crippen LogP contribution in [0.2, 0.25) is 0 Å². The van der Waals surface area contributed by atoms with Gasteiger partial charge in [-0.25, -0.2) is 0 Å². The van der Waals surface area contributed by atoms with Gasteiger partial charge in [0, 0.05) is 6.61 Å². The number of rotatable bonds is 8. The summed E-state index contributed by atoms with van der Waals surface area (Å²) >= 11 is 4.84. The minimum Gasteiger partial charge on any atom is -0.482 e. The van der Waals surface area contributed by atoms with Crippen LogP contribution in [0.25, 0.3) is 0 Å². The molecule has 0 heterocycles. The fourth-order valence-corrected chi connectivity index (χ4v) is 0.977. The summed E-state index contributed by atoms with van der Waals surface area (Å²) in [6.07, 6.45) is 3.44. The maximum atomic E-state index is 8.43. The first-order valence-electron chi connectivity index (χ1n) is 4.65. The third-order valence-electron chi connectivity index (χ3n) is 1.47. The Labute approximate surface area is 85.0 Å². The van der Waals surface area contributed by atoms with Gasteiger partial charge in [0.25, 0.3) is 0 Å². The summed E-state index contributed by atoms with van der Waals surface area (Å²) in [5, 5.41) is 8.85. The summed E-state index contributed by atoms with van der Waals surface area (Å²) in [5.74, 6) is 0. The number of unbranched alkanes of at least 4 members (excludes halogenated alkanes) is 2. The molecule has 0 aromatic heterocycles. The van der Waals surface area contributed by atoms with Gasteiger partial charge in [0.2, 0.25) is 0 Å². The first kappa shape index (κ1) is 12.8. The number of aliphatic hydroxyl groups excluding tert-OH is 1. The van der Waals surface area contributed by atoms with Gasteiger partial charge in [0.1, 0.15) is 13.2 Å². The topological polar surface area (TPSA) is 38.7 Å². The highest BCUT2D eigenvalue weighted by molar-refractivity contribution is 7.80. The number of hydrogen-bond donors (Lipinski definition) is 1. The zero-order valence-corrected chi connectivity index (χ0v) is 8.94. The average Bonchev–Trinajstić information content (AvgIpc) is 2.14. The van der Waals surface area contributed by atoms with E-state index in [0.29, 0.717) is 11.7 Å². The Kier molecular flexibility index (Phi) is 9.75. The van der Waals surface area contributed by atoms with Crippen LogP contribution in [0.1, 0.15) is 26.2 Å². The molecular weight excluding hydrogens is 188 g/mol. The van der Waals surface area contributed by atoms with Gasteiger partial charge in [-0.2, -0.15) is 0 Å². The number of aliphatic hydroxyl groups is 1. The van der Waals surface area contributed by atoms with Crippen molar-refractivity contribution in [2.45, 2.75) is 26.2 Å². The Bertz CT molecular complexity index is 128. The highest BCUT2D eigenvalue weighted by Crippen LogP contribution is 1.94. The Hall–Kier alpha value is -0.190. The van der Waals surface area contributed by atoms with Crippen molar-refractivity contribution < 1.29 is 14.6 Å². The van der Waals surface area contributed by atoms with Crippen molar-refractivity contribution in [3.05, 3.63) is 0 Å². The van der Waals surface area contributed by atoms with E-state index < -0.39 is 0 Å². The lowest BCUT2D eigenvalue weighted by atomic mass is 10.3. The van der Waals surface area contributed by atoms with E-state index in [1.54, 1.807) is 0 Å². The van der Waals surface area contributed by atoms with Gasteiger partial charge in [-0.15, -0.1) is 0 Å². The highest BCUT2D eigenvalue weighted by atomic mass is 32.1. The monoisotopic (exact) mass is 206 g/mol. The van der Waals surface area contributed by atoms with Crippen LogP contribution in [0.4, 0.5) is 0 Å². The van der Waals surface area contributed by atoms with Crippen LogP contribution in [0.5, 0.6) is 0 Å². The molecule has 4 heteroatoms. The van der Waals surface area contributed by atoms with Crippen molar-refractivity contribution >= 4 is 17.3 Å². The Morgan fingerprint density at radius 1 is 1.31 bits per heavy atom. The van der Waals surface area contributed by atoms with E-state index >= 15 is 0 Å². The molecule has 78 valence electrons. The summed E-state index contributed by atoms with van der Waals surface area (Å²) in [4.78, 5) is 0. The lowest BCUT2D eigenvalue weighted by molar-refractivity contribution is 0.138. The molecule has 0 radical (unpaired) electrons. The van der Waals surface area contributed by atoms with E-state index in [1.807, 2.05) is 0 Å².